The number of aryl methyl sites for hydroxylation is 1. The SMILES string of the molecule is Cc1ccc([C@H]2CCCN2S(=O)(=O)c2cccc(F)c2)cc1. The predicted octanol–water partition coefficient (Wildman–Crippen LogP) is 3.66. The Morgan fingerprint density at radius 1 is 1.14 bits per heavy atom. The van der Waals surface area contributed by atoms with Gasteiger partial charge in [0.1, 0.15) is 5.82 Å². The minimum absolute atomic E-state index is 0.0199. The number of halogens is 1. The van der Waals surface area contributed by atoms with Crippen LogP contribution in [-0.4, -0.2) is 19.3 Å². The van der Waals surface area contributed by atoms with E-state index in [-0.39, 0.29) is 10.9 Å². The molecule has 116 valence electrons. The molecule has 0 amide bonds. The van der Waals surface area contributed by atoms with Crippen molar-refractivity contribution in [2.75, 3.05) is 6.54 Å². The van der Waals surface area contributed by atoms with E-state index in [2.05, 4.69) is 0 Å². The third-order valence-corrected chi connectivity index (χ3v) is 5.97. The molecule has 0 N–H and O–H groups in total. The Morgan fingerprint density at radius 3 is 2.55 bits per heavy atom. The fraction of sp³-hybridized carbons (Fsp3) is 0.294. The number of hydrogen-bond donors (Lipinski definition) is 0. The molecule has 0 aliphatic carbocycles. The number of sulfonamides is 1. The smallest absolute Gasteiger partial charge is 0.207 e. The van der Waals surface area contributed by atoms with Gasteiger partial charge in [0.05, 0.1) is 10.9 Å². The molecule has 0 unspecified atom stereocenters. The van der Waals surface area contributed by atoms with E-state index in [1.165, 1.54) is 22.5 Å². The monoisotopic (exact) mass is 319 g/mol. The molecule has 0 aromatic heterocycles. The van der Waals surface area contributed by atoms with Crippen molar-refractivity contribution in [3.63, 3.8) is 0 Å². The van der Waals surface area contributed by atoms with E-state index in [4.69, 9.17) is 0 Å². The van der Waals surface area contributed by atoms with Crippen LogP contribution in [-0.2, 0) is 10.0 Å². The first-order chi connectivity index (χ1) is 10.5. The van der Waals surface area contributed by atoms with Crippen LogP contribution in [0.3, 0.4) is 0 Å². The van der Waals surface area contributed by atoms with Crippen molar-refractivity contribution >= 4 is 10.0 Å². The fourth-order valence-corrected chi connectivity index (χ4v) is 4.63. The van der Waals surface area contributed by atoms with Gasteiger partial charge in [0.25, 0.3) is 0 Å². The lowest BCUT2D eigenvalue weighted by Crippen LogP contribution is -2.30. The second kappa shape index (κ2) is 5.82. The summed E-state index contributed by atoms with van der Waals surface area (Å²) in [6.07, 6.45) is 1.60. The Balaban J connectivity index is 1.97. The van der Waals surface area contributed by atoms with E-state index in [0.29, 0.717) is 6.54 Å². The second-order valence-electron chi connectivity index (χ2n) is 5.64. The summed E-state index contributed by atoms with van der Waals surface area (Å²) >= 11 is 0. The first kappa shape index (κ1) is 15.2. The lowest BCUT2D eigenvalue weighted by atomic mass is 10.0. The third-order valence-electron chi connectivity index (χ3n) is 4.07. The molecule has 5 heteroatoms. The molecule has 3 nitrogen and oxygen atoms in total. The summed E-state index contributed by atoms with van der Waals surface area (Å²) in [6, 6.07) is 13.0. The summed E-state index contributed by atoms with van der Waals surface area (Å²) in [5.41, 5.74) is 2.13. The molecule has 1 fully saturated rings. The number of rotatable bonds is 3. The zero-order chi connectivity index (χ0) is 15.7. The third kappa shape index (κ3) is 2.78. The zero-order valence-electron chi connectivity index (χ0n) is 12.4. The Hall–Kier alpha value is -1.72. The Labute approximate surface area is 130 Å². The normalized spacial score (nSPS) is 19.5. The average Bonchev–Trinajstić information content (AvgIpc) is 2.98. The lowest BCUT2D eigenvalue weighted by molar-refractivity contribution is 0.396. The van der Waals surface area contributed by atoms with Crippen LogP contribution in [0.15, 0.2) is 53.4 Å². The summed E-state index contributed by atoms with van der Waals surface area (Å²) in [4.78, 5) is 0.0199. The van der Waals surface area contributed by atoms with Crippen molar-refractivity contribution in [3.05, 3.63) is 65.5 Å². The Bertz CT molecular complexity index is 772. The van der Waals surface area contributed by atoms with Gasteiger partial charge in [0.2, 0.25) is 10.0 Å². The molecular formula is C17H18FNO2S. The van der Waals surface area contributed by atoms with Crippen LogP contribution < -0.4 is 0 Å². The summed E-state index contributed by atoms with van der Waals surface area (Å²) in [7, 11) is -3.68. The molecule has 1 aliphatic heterocycles. The number of nitrogens with zero attached hydrogens (tertiary/aromatic N) is 1. The van der Waals surface area contributed by atoms with Gasteiger partial charge < -0.3 is 0 Å². The highest BCUT2D eigenvalue weighted by Crippen LogP contribution is 2.36. The van der Waals surface area contributed by atoms with Crippen molar-refractivity contribution in [1.29, 1.82) is 0 Å². The van der Waals surface area contributed by atoms with Gasteiger partial charge in [-0.25, -0.2) is 12.8 Å². The molecule has 0 spiro atoms. The predicted molar refractivity (Wildman–Crippen MR) is 83.4 cm³/mol. The van der Waals surface area contributed by atoms with E-state index in [9.17, 15) is 12.8 Å². The topological polar surface area (TPSA) is 37.4 Å². The highest BCUT2D eigenvalue weighted by molar-refractivity contribution is 7.89. The van der Waals surface area contributed by atoms with Crippen LogP contribution in [0, 0.1) is 12.7 Å². The molecule has 22 heavy (non-hydrogen) atoms. The maximum absolute atomic E-state index is 13.4. The molecule has 2 aromatic rings. The van der Waals surface area contributed by atoms with Crippen LogP contribution in [0.1, 0.15) is 30.0 Å². The van der Waals surface area contributed by atoms with Crippen LogP contribution in [0.5, 0.6) is 0 Å². The molecular weight excluding hydrogens is 301 g/mol. The van der Waals surface area contributed by atoms with Gasteiger partial charge in [-0.2, -0.15) is 4.31 Å². The van der Waals surface area contributed by atoms with E-state index in [1.54, 1.807) is 0 Å². The number of hydrogen-bond acceptors (Lipinski definition) is 2. The quantitative estimate of drug-likeness (QED) is 0.866. The summed E-state index contributed by atoms with van der Waals surface area (Å²) in [5.74, 6) is -0.535. The first-order valence-corrected chi connectivity index (χ1v) is 8.76. The molecule has 1 saturated heterocycles. The van der Waals surface area contributed by atoms with Gasteiger partial charge in [-0.15, -0.1) is 0 Å². The summed E-state index contributed by atoms with van der Waals surface area (Å²) in [6.45, 7) is 2.47. The molecule has 2 aromatic carbocycles. The van der Waals surface area contributed by atoms with Crippen LogP contribution in [0.2, 0.25) is 0 Å². The second-order valence-corrected chi connectivity index (χ2v) is 7.53. The molecule has 1 heterocycles. The maximum atomic E-state index is 13.4. The highest BCUT2D eigenvalue weighted by Gasteiger charge is 2.36. The van der Waals surface area contributed by atoms with E-state index in [0.717, 1.165) is 30.0 Å². The van der Waals surface area contributed by atoms with Gasteiger partial charge in [0.15, 0.2) is 0 Å². The van der Waals surface area contributed by atoms with Crippen molar-refractivity contribution in [1.82, 2.24) is 4.31 Å². The minimum atomic E-state index is -3.68. The zero-order valence-corrected chi connectivity index (χ0v) is 13.2. The Morgan fingerprint density at radius 2 is 1.86 bits per heavy atom. The van der Waals surface area contributed by atoms with Gasteiger partial charge in [0, 0.05) is 6.54 Å². The van der Waals surface area contributed by atoms with Crippen molar-refractivity contribution in [2.45, 2.75) is 30.7 Å². The largest absolute Gasteiger partial charge is 0.243 e. The van der Waals surface area contributed by atoms with Gasteiger partial charge in [-0.1, -0.05) is 35.9 Å². The van der Waals surface area contributed by atoms with Crippen molar-refractivity contribution < 1.29 is 12.8 Å². The van der Waals surface area contributed by atoms with E-state index in [1.807, 2.05) is 31.2 Å². The van der Waals surface area contributed by atoms with Crippen molar-refractivity contribution in [3.8, 4) is 0 Å². The lowest BCUT2D eigenvalue weighted by Gasteiger charge is -2.24. The number of benzene rings is 2. The molecule has 0 radical (unpaired) electrons. The molecule has 0 saturated carbocycles. The minimum Gasteiger partial charge on any atom is -0.207 e. The van der Waals surface area contributed by atoms with Gasteiger partial charge in [-0.05, 0) is 43.5 Å². The van der Waals surface area contributed by atoms with Crippen LogP contribution in [0.4, 0.5) is 4.39 Å². The highest BCUT2D eigenvalue weighted by atomic mass is 32.2. The van der Waals surface area contributed by atoms with E-state index < -0.39 is 15.8 Å². The maximum Gasteiger partial charge on any atom is 0.243 e. The molecule has 1 aliphatic rings. The first-order valence-electron chi connectivity index (χ1n) is 7.32. The van der Waals surface area contributed by atoms with Gasteiger partial charge in [-0.3, -0.25) is 0 Å². The van der Waals surface area contributed by atoms with Crippen molar-refractivity contribution in [2.24, 2.45) is 0 Å². The standard InChI is InChI=1S/C17H18FNO2S/c1-13-7-9-14(10-8-13)17-6-3-11-19(17)22(20,21)16-5-2-4-15(18)12-16/h2,4-5,7-10,12,17H,3,6,11H2,1H3/t17-/m1/s1. The summed E-state index contributed by atoms with van der Waals surface area (Å²) < 4.78 is 40.5. The average molecular weight is 319 g/mol. The molecule has 3 rings (SSSR count). The van der Waals surface area contributed by atoms with E-state index >= 15 is 0 Å². The van der Waals surface area contributed by atoms with Gasteiger partial charge >= 0.3 is 0 Å². The van der Waals surface area contributed by atoms with Crippen LogP contribution >= 0.6 is 0 Å². The fourth-order valence-electron chi connectivity index (χ4n) is 2.91. The van der Waals surface area contributed by atoms with Crippen LogP contribution in [0.25, 0.3) is 0 Å². The summed E-state index contributed by atoms with van der Waals surface area (Å²) in [5, 5.41) is 0. The molecule has 1 atom stereocenters. The molecule has 0 bridgehead atoms. The Kier molecular flexibility index (Phi) is 4.02.